The first kappa shape index (κ1) is 11.8. The molecule has 7 nitrogen and oxygen atoms in total. The van der Waals surface area contributed by atoms with Gasteiger partial charge in [0.05, 0.1) is 6.20 Å². The lowest BCUT2D eigenvalue weighted by Crippen LogP contribution is -2.41. The Morgan fingerprint density at radius 3 is 2.82 bits per heavy atom. The van der Waals surface area contributed by atoms with E-state index in [-0.39, 0.29) is 17.7 Å². The quantitative estimate of drug-likeness (QED) is 0.338. The SMILES string of the molecule is NC(=NO)C1CCN(C(=O)c2cnns2)CC1. The number of amidine groups is 1. The molecule has 0 aliphatic carbocycles. The topological polar surface area (TPSA) is 105 Å². The van der Waals surface area contributed by atoms with E-state index in [0.29, 0.717) is 30.8 Å². The molecule has 1 aliphatic rings. The van der Waals surface area contributed by atoms with Gasteiger partial charge in [0.2, 0.25) is 0 Å². The molecule has 3 N–H and O–H groups in total. The third kappa shape index (κ3) is 2.52. The molecule has 0 bridgehead atoms. The van der Waals surface area contributed by atoms with Crippen molar-refractivity contribution in [3.05, 3.63) is 11.1 Å². The van der Waals surface area contributed by atoms with Crippen molar-refractivity contribution in [2.24, 2.45) is 16.8 Å². The summed E-state index contributed by atoms with van der Waals surface area (Å²) in [5, 5.41) is 15.2. The molecule has 1 aliphatic heterocycles. The zero-order chi connectivity index (χ0) is 12.3. The third-order valence-corrected chi connectivity index (χ3v) is 3.54. The lowest BCUT2D eigenvalue weighted by molar-refractivity contribution is 0.0713. The number of rotatable bonds is 2. The number of carbonyl (C=O) groups excluding carboxylic acids is 1. The Morgan fingerprint density at radius 2 is 2.29 bits per heavy atom. The van der Waals surface area contributed by atoms with Gasteiger partial charge >= 0.3 is 0 Å². The molecule has 92 valence electrons. The first-order valence-corrected chi connectivity index (χ1v) is 6.03. The average molecular weight is 255 g/mol. The summed E-state index contributed by atoms with van der Waals surface area (Å²) in [5.74, 6) is 0.262. The minimum absolute atomic E-state index is 0.0436. The van der Waals surface area contributed by atoms with Gasteiger partial charge in [0.15, 0.2) is 0 Å². The Labute approximate surface area is 102 Å². The number of oxime groups is 1. The molecule has 1 aromatic heterocycles. The molecule has 8 heteroatoms. The van der Waals surface area contributed by atoms with Crippen LogP contribution in [0.1, 0.15) is 22.5 Å². The van der Waals surface area contributed by atoms with E-state index >= 15 is 0 Å². The van der Waals surface area contributed by atoms with Gasteiger partial charge in [-0.1, -0.05) is 9.64 Å². The molecule has 2 heterocycles. The van der Waals surface area contributed by atoms with Crippen molar-refractivity contribution in [3.8, 4) is 0 Å². The van der Waals surface area contributed by atoms with Crippen molar-refractivity contribution in [1.82, 2.24) is 14.5 Å². The van der Waals surface area contributed by atoms with Crippen LogP contribution in [0, 0.1) is 5.92 Å². The summed E-state index contributed by atoms with van der Waals surface area (Å²) < 4.78 is 3.67. The fourth-order valence-electron chi connectivity index (χ4n) is 1.88. The summed E-state index contributed by atoms with van der Waals surface area (Å²) >= 11 is 1.10. The Morgan fingerprint density at radius 1 is 1.59 bits per heavy atom. The van der Waals surface area contributed by atoms with E-state index in [9.17, 15) is 4.79 Å². The smallest absolute Gasteiger partial charge is 0.267 e. The van der Waals surface area contributed by atoms with Crippen LogP contribution in [0.25, 0.3) is 0 Å². The fourth-order valence-corrected chi connectivity index (χ4v) is 2.36. The maximum atomic E-state index is 12.0. The highest BCUT2D eigenvalue weighted by atomic mass is 32.1. The second-order valence-electron chi connectivity index (χ2n) is 3.87. The van der Waals surface area contributed by atoms with E-state index in [1.807, 2.05) is 0 Å². The largest absolute Gasteiger partial charge is 0.409 e. The number of carbonyl (C=O) groups is 1. The van der Waals surface area contributed by atoms with Crippen LogP contribution in [0.5, 0.6) is 0 Å². The number of aromatic nitrogens is 2. The second-order valence-corrected chi connectivity index (χ2v) is 4.66. The molecule has 1 aromatic rings. The zero-order valence-corrected chi connectivity index (χ0v) is 9.93. The van der Waals surface area contributed by atoms with Crippen LogP contribution in [-0.4, -0.2) is 44.5 Å². The number of nitrogens with two attached hydrogens (primary N) is 1. The monoisotopic (exact) mass is 255 g/mol. The lowest BCUT2D eigenvalue weighted by Gasteiger charge is -2.30. The normalized spacial score (nSPS) is 18.4. The van der Waals surface area contributed by atoms with Crippen LogP contribution in [-0.2, 0) is 0 Å². The predicted molar refractivity (Wildman–Crippen MR) is 61.9 cm³/mol. The molecule has 0 aromatic carbocycles. The van der Waals surface area contributed by atoms with Crippen molar-refractivity contribution in [3.63, 3.8) is 0 Å². The molecular formula is C9H13N5O2S. The number of hydrogen-bond donors (Lipinski definition) is 2. The highest BCUT2D eigenvalue weighted by molar-refractivity contribution is 7.07. The van der Waals surface area contributed by atoms with Gasteiger partial charge in [0.1, 0.15) is 10.7 Å². The molecule has 0 spiro atoms. The molecule has 0 saturated carbocycles. The lowest BCUT2D eigenvalue weighted by atomic mass is 9.96. The van der Waals surface area contributed by atoms with Crippen LogP contribution in [0.3, 0.4) is 0 Å². The summed E-state index contributed by atoms with van der Waals surface area (Å²) in [7, 11) is 0. The van der Waals surface area contributed by atoms with Crippen molar-refractivity contribution < 1.29 is 10.0 Å². The van der Waals surface area contributed by atoms with Crippen LogP contribution in [0.15, 0.2) is 11.4 Å². The van der Waals surface area contributed by atoms with Crippen LogP contribution in [0.4, 0.5) is 0 Å². The number of piperidine rings is 1. The maximum Gasteiger partial charge on any atom is 0.267 e. The van der Waals surface area contributed by atoms with E-state index in [4.69, 9.17) is 10.9 Å². The van der Waals surface area contributed by atoms with Gasteiger partial charge in [-0.25, -0.2) is 0 Å². The third-order valence-electron chi connectivity index (χ3n) is 2.89. The van der Waals surface area contributed by atoms with Gasteiger partial charge in [0.25, 0.3) is 5.91 Å². The Bertz CT molecular complexity index is 411. The summed E-state index contributed by atoms with van der Waals surface area (Å²) in [6.45, 7) is 1.22. The highest BCUT2D eigenvalue weighted by Gasteiger charge is 2.26. The van der Waals surface area contributed by atoms with E-state index in [1.54, 1.807) is 4.90 Å². The van der Waals surface area contributed by atoms with Crippen LogP contribution >= 0.6 is 11.5 Å². The van der Waals surface area contributed by atoms with E-state index in [1.165, 1.54) is 6.20 Å². The molecule has 0 radical (unpaired) electrons. The predicted octanol–water partition coefficient (Wildman–Crippen LogP) is 0.137. The van der Waals surface area contributed by atoms with Gasteiger partial charge in [0, 0.05) is 19.0 Å². The average Bonchev–Trinajstić information content (AvgIpc) is 2.91. The Balaban J connectivity index is 1.93. The second kappa shape index (κ2) is 5.09. The van der Waals surface area contributed by atoms with Gasteiger partial charge in [-0.2, -0.15) is 0 Å². The molecule has 17 heavy (non-hydrogen) atoms. The number of nitrogens with zero attached hydrogens (tertiary/aromatic N) is 4. The van der Waals surface area contributed by atoms with Crippen molar-refractivity contribution in [2.75, 3.05) is 13.1 Å². The van der Waals surface area contributed by atoms with Gasteiger partial charge in [-0.15, -0.1) is 5.10 Å². The van der Waals surface area contributed by atoms with Gasteiger partial charge in [-0.3, -0.25) is 4.79 Å². The summed E-state index contributed by atoms with van der Waals surface area (Å²) in [5.41, 5.74) is 5.54. The van der Waals surface area contributed by atoms with Crippen molar-refractivity contribution >= 4 is 23.3 Å². The van der Waals surface area contributed by atoms with Crippen LogP contribution in [0.2, 0.25) is 0 Å². The summed E-state index contributed by atoms with van der Waals surface area (Å²) in [6, 6.07) is 0. The molecule has 1 amide bonds. The van der Waals surface area contributed by atoms with Gasteiger partial charge in [-0.05, 0) is 24.4 Å². The number of amides is 1. The van der Waals surface area contributed by atoms with Crippen molar-refractivity contribution in [2.45, 2.75) is 12.8 Å². The van der Waals surface area contributed by atoms with Gasteiger partial charge < -0.3 is 15.8 Å². The maximum absolute atomic E-state index is 12.0. The molecular weight excluding hydrogens is 242 g/mol. The highest BCUT2D eigenvalue weighted by Crippen LogP contribution is 2.19. The Hall–Kier alpha value is -1.70. The standard InChI is InChI=1S/C9H13N5O2S/c10-8(12-16)6-1-3-14(4-2-6)9(15)7-5-11-13-17-7/h5-6,16H,1-4H2,(H2,10,12). The first-order valence-electron chi connectivity index (χ1n) is 5.26. The molecule has 2 rings (SSSR count). The summed E-state index contributed by atoms with van der Waals surface area (Å²) in [4.78, 5) is 14.2. The van der Waals surface area contributed by atoms with Crippen LogP contribution < -0.4 is 5.73 Å². The van der Waals surface area contributed by atoms with Crippen molar-refractivity contribution in [1.29, 1.82) is 0 Å². The van der Waals surface area contributed by atoms with E-state index in [0.717, 1.165) is 11.5 Å². The molecule has 0 atom stereocenters. The molecule has 1 saturated heterocycles. The van der Waals surface area contributed by atoms with E-state index < -0.39 is 0 Å². The fraction of sp³-hybridized carbons (Fsp3) is 0.556. The minimum Gasteiger partial charge on any atom is -0.409 e. The molecule has 0 unspecified atom stereocenters. The first-order chi connectivity index (χ1) is 8.22. The molecule has 1 fully saturated rings. The number of likely N-dealkylation sites (tertiary alicyclic amines) is 1. The Kier molecular flexibility index (Phi) is 3.52. The zero-order valence-electron chi connectivity index (χ0n) is 9.11. The minimum atomic E-state index is -0.0436. The summed E-state index contributed by atoms with van der Waals surface area (Å²) in [6.07, 6.45) is 2.91. The van der Waals surface area contributed by atoms with E-state index in [2.05, 4.69) is 14.7 Å². The number of hydrogen-bond acceptors (Lipinski definition) is 6.